The molecule has 2 aliphatic rings. The van der Waals surface area contributed by atoms with Gasteiger partial charge in [0.1, 0.15) is 5.75 Å². The van der Waals surface area contributed by atoms with E-state index in [0.29, 0.717) is 47.8 Å². The van der Waals surface area contributed by atoms with E-state index in [1.54, 1.807) is 4.90 Å². The van der Waals surface area contributed by atoms with Gasteiger partial charge in [-0.1, -0.05) is 11.6 Å². The number of carbonyl (C=O) groups is 2. The number of halogens is 1. The van der Waals surface area contributed by atoms with Gasteiger partial charge in [-0.2, -0.15) is 0 Å². The van der Waals surface area contributed by atoms with Crippen molar-refractivity contribution in [3.63, 3.8) is 0 Å². The molecular weight excluding hydrogens is 430 g/mol. The summed E-state index contributed by atoms with van der Waals surface area (Å²) >= 11 is 6.70. The molecule has 2 aliphatic heterocycles. The highest BCUT2D eigenvalue weighted by molar-refractivity contribution is 6.35. The van der Waals surface area contributed by atoms with Crippen molar-refractivity contribution in [2.45, 2.75) is 59.1 Å². The number of ether oxygens (including phenoxy) is 1. The van der Waals surface area contributed by atoms with Gasteiger partial charge in [0.15, 0.2) is 0 Å². The summed E-state index contributed by atoms with van der Waals surface area (Å²) in [7, 11) is 0. The van der Waals surface area contributed by atoms with Gasteiger partial charge in [-0.05, 0) is 62.9 Å². The molecule has 4 rings (SSSR count). The Bertz CT molecular complexity index is 1150. The number of nitrogens with one attached hydrogen (secondary N) is 2. The van der Waals surface area contributed by atoms with Crippen LogP contribution in [0.5, 0.6) is 5.75 Å². The van der Waals surface area contributed by atoms with Crippen molar-refractivity contribution in [1.82, 2.24) is 15.2 Å². The summed E-state index contributed by atoms with van der Waals surface area (Å²) in [5.41, 5.74) is 4.27. The first-order valence-corrected chi connectivity index (χ1v) is 11.3. The number of hydrogen-bond donors (Lipinski definition) is 2. The lowest BCUT2D eigenvalue weighted by Crippen LogP contribution is -2.39. The van der Waals surface area contributed by atoms with E-state index < -0.39 is 0 Å². The Morgan fingerprint density at radius 2 is 1.97 bits per heavy atom. The van der Waals surface area contributed by atoms with E-state index in [9.17, 15) is 14.4 Å². The minimum absolute atomic E-state index is 0.00265. The van der Waals surface area contributed by atoms with Gasteiger partial charge in [0, 0.05) is 36.7 Å². The Morgan fingerprint density at radius 3 is 2.59 bits per heavy atom. The zero-order valence-electron chi connectivity index (χ0n) is 18.8. The van der Waals surface area contributed by atoms with E-state index in [2.05, 4.69) is 10.3 Å². The third-order valence-corrected chi connectivity index (χ3v) is 6.50. The Hall–Kier alpha value is -2.80. The van der Waals surface area contributed by atoms with E-state index in [4.69, 9.17) is 16.3 Å². The minimum atomic E-state index is -0.219. The molecule has 1 unspecified atom stereocenters. The molecule has 1 saturated heterocycles. The van der Waals surface area contributed by atoms with E-state index in [1.165, 1.54) is 0 Å². The molecule has 1 fully saturated rings. The quantitative estimate of drug-likeness (QED) is 0.721. The van der Waals surface area contributed by atoms with Gasteiger partial charge >= 0.3 is 0 Å². The predicted molar refractivity (Wildman–Crippen MR) is 123 cm³/mol. The van der Waals surface area contributed by atoms with Crippen LogP contribution in [0, 0.1) is 13.8 Å². The number of carbonyl (C=O) groups excluding carboxylic acids is 2. The van der Waals surface area contributed by atoms with Crippen LogP contribution in [0.25, 0.3) is 0 Å². The molecule has 0 radical (unpaired) electrons. The van der Waals surface area contributed by atoms with Crippen molar-refractivity contribution in [3.8, 4) is 5.75 Å². The van der Waals surface area contributed by atoms with Crippen LogP contribution in [-0.2, 0) is 17.8 Å². The van der Waals surface area contributed by atoms with Gasteiger partial charge in [0.05, 0.1) is 23.2 Å². The number of aromatic nitrogens is 1. The maximum Gasteiger partial charge on any atom is 0.256 e. The second-order valence-corrected chi connectivity index (χ2v) is 9.30. The highest BCUT2D eigenvalue weighted by atomic mass is 35.5. The largest absolute Gasteiger partial charge is 0.489 e. The molecule has 0 bridgehead atoms. The summed E-state index contributed by atoms with van der Waals surface area (Å²) in [6.45, 7) is 8.73. The Labute approximate surface area is 192 Å². The van der Waals surface area contributed by atoms with Crippen LogP contribution < -0.4 is 15.6 Å². The van der Waals surface area contributed by atoms with Gasteiger partial charge < -0.3 is 19.9 Å². The lowest BCUT2D eigenvalue weighted by molar-refractivity contribution is -0.119. The van der Waals surface area contributed by atoms with Gasteiger partial charge in [-0.25, -0.2) is 0 Å². The number of pyridine rings is 1. The predicted octanol–water partition coefficient (Wildman–Crippen LogP) is 3.23. The third kappa shape index (κ3) is 4.13. The monoisotopic (exact) mass is 457 g/mol. The number of fused-ring (bicyclic) bond motifs is 1. The first-order valence-electron chi connectivity index (χ1n) is 10.9. The van der Waals surface area contributed by atoms with E-state index in [-0.39, 0.29) is 35.9 Å². The maximum atomic E-state index is 13.6. The van der Waals surface area contributed by atoms with Crippen molar-refractivity contribution < 1.29 is 14.3 Å². The number of hydrogen-bond acceptors (Lipinski definition) is 4. The number of nitrogens with zero attached hydrogens (tertiary/aromatic N) is 1. The molecule has 0 saturated carbocycles. The molecule has 32 heavy (non-hydrogen) atoms. The van der Waals surface area contributed by atoms with Crippen molar-refractivity contribution >= 4 is 23.4 Å². The van der Waals surface area contributed by atoms with E-state index >= 15 is 0 Å². The summed E-state index contributed by atoms with van der Waals surface area (Å²) in [5.74, 6) is 0.213. The van der Waals surface area contributed by atoms with Gasteiger partial charge in [0.2, 0.25) is 5.91 Å². The third-order valence-electron chi connectivity index (χ3n) is 6.13. The van der Waals surface area contributed by atoms with Crippen molar-refractivity contribution in [2.24, 2.45) is 0 Å². The summed E-state index contributed by atoms with van der Waals surface area (Å²) in [6.07, 6.45) is 0.863. The van der Waals surface area contributed by atoms with Gasteiger partial charge in [0.25, 0.3) is 11.5 Å². The van der Waals surface area contributed by atoms with Crippen LogP contribution in [0.2, 0.25) is 5.02 Å². The summed E-state index contributed by atoms with van der Waals surface area (Å²) < 4.78 is 5.93. The lowest BCUT2D eigenvalue weighted by Gasteiger charge is -2.32. The van der Waals surface area contributed by atoms with Crippen LogP contribution in [0.1, 0.15) is 64.5 Å². The Balaban J connectivity index is 1.76. The van der Waals surface area contributed by atoms with Crippen LogP contribution in [0.15, 0.2) is 16.9 Å². The van der Waals surface area contributed by atoms with Crippen LogP contribution >= 0.6 is 11.6 Å². The molecule has 1 atom stereocenters. The zero-order valence-corrected chi connectivity index (χ0v) is 19.6. The first kappa shape index (κ1) is 22.4. The van der Waals surface area contributed by atoms with Crippen molar-refractivity contribution in [2.75, 3.05) is 13.1 Å². The molecule has 8 heteroatoms. The molecule has 7 nitrogen and oxygen atoms in total. The number of amides is 2. The standard InChI is InChI=1S/C24H28ClN3O4/c1-12(2)32-19-9-17(15-8-20(29)26-10-15)16-5-6-28(24(31)21(16)22(19)25)11-18-13(3)7-14(4)27-23(18)30/h7,9,12,15H,5-6,8,10-11H2,1-4H3,(H,26,29)(H,27,30). The van der Waals surface area contributed by atoms with E-state index in [1.807, 2.05) is 39.8 Å². The van der Waals surface area contributed by atoms with Gasteiger partial charge in [-0.15, -0.1) is 0 Å². The number of aromatic amines is 1. The summed E-state index contributed by atoms with van der Waals surface area (Å²) in [5, 5.41) is 3.16. The molecule has 1 aromatic heterocycles. The molecule has 1 aromatic carbocycles. The van der Waals surface area contributed by atoms with Crippen molar-refractivity contribution in [1.29, 1.82) is 0 Å². The molecule has 0 aliphatic carbocycles. The first-order chi connectivity index (χ1) is 15.2. The fraction of sp³-hybridized carbons (Fsp3) is 0.458. The van der Waals surface area contributed by atoms with E-state index in [0.717, 1.165) is 22.4 Å². The average molecular weight is 458 g/mol. The highest BCUT2D eigenvalue weighted by Gasteiger charge is 2.35. The van der Waals surface area contributed by atoms with Crippen molar-refractivity contribution in [3.05, 3.63) is 61.0 Å². The SMILES string of the molecule is Cc1cc(C)c(CN2CCc3c(C4CNC(=O)C4)cc(OC(C)C)c(Cl)c3C2=O)c(=O)[nH]1. The normalized spacial score (nSPS) is 18.2. The molecule has 170 valence electrons. The number of rotatable bonds is 5. The van der Waals surface area contributed by atoms with Crippen LogP contribution in [0.4, 0.5) is 0 Å². The van der Waals surface area contributed by atoms with Gasteiger partial charge in [-0.3, -0.25) is 14.4 Å². The molecule has 3 heterocycles. The molecule has 2 N–H and O–H groups in total. The fourth-order valence-corrected chi connectivity index (χ4v) is 4.93. The molecule has 2 amide bonds. The smallest absolute Gasteiger partial charge is 0.256 e. The lowest BCUT2D eigenvalue weighted by atomic mass is 9.86. The minimum Gasteiger partial charge on any atom is -0.489 e. The number of benzene rings is 1. The van der Waals surface area contributed by atoms with Crippen LogP contribution in [-0.4, -0.2) is 40.9 Å². The average Bonchev–Trinajstić information content (AvgIpc) is 3.13. The number of aryl methyl sites for hydroxylation is 2. The summed E-state index contributed by atoms with van der Waals surface area (Å²) in [6, 6.07) is 3.80. The molecule has 0 spiro atoms. The van der Waals surface area contributed by atoms with Crippen LogP contribution in [0.3, 0.4) is 0 Å². The second-order valence-electron chi connectivity index (χ2n) is 8.92. The molecule has 2 aromatic rings. The highest BCUT2D eigenvalue weighted by Crippen LogP contribution is 2.41. The number of H-pyrrole nitrogens is 1. The Morgan fingerprint density at radius 1 is 1.22 bits per heavy atom. The maximum absolute atomic E-state index is 13.6. The molecular formula is C24H28ClN3O4. The zero-order chi connectivity index (χ0) is 23.2. The topological polar surface area (TPSA) is 91.5 Å². The summed E-state index contributed by atoms with van der Waals surface area (Å²) in [4.78, 5) is 42.4. The second kappa shape index (κ2) is 8.62. The Kier molecular flexibility index (Phi) is 6.03. The fourth-order valence-electron chi connectivity index (χ4n) is 4.64.